The summed E-state index contributed by atoms with van der Waals surface area (Å²) < 4.78 is 67.1. The summed E-state index contributed by atoms with van der Waals surface area (Å²) in [6.45, 7) is 4.09. The van der Waals surface area contributed by atoms with Gasteiger partial charge in [-0.25, -0.2) is 8.78 Å². The van der Waals surface area contributed by atoms with Crippen molar-refractivity contribution in [3.8, 4) is 0 Å². The lowest BCUT2D eigenvalue weighted by Crippen LogP contribution is -2.47. The van der Waals surface area contributed by atoms with Gasteiger partial charge in [-0.2, -0.15) is 13.2 Å². The smallest absolute Gasteiger partial charge is 0.390 e. The normalized spacial score (nSPS) is 16.6. The monoisotopic (exact) mass is 296 g/mol. The van der Waals surface area contributed by atoms with Gasteiger partial charge in [0.2, 0.25) is 0 Å². The standard InChI is InChI=1S/C10H14ClF5O2/c1-8(2,3)18-7(17)9(5-11,6(12)13)4-10(14,15)16/h6H,4-5H2,1-3H3. The molecule has 0 amide bonds. The molecule has 0 aromatic rings. The Kier molecular flexibility index (Phi) is 5.40. The Morgan fingerprint density at radius 3 is 1.89 bits per heavy atom. The number of ether oxygens (including phenoxy) is 1. The maximum Gasteiger partial charge on any atom is 0.390 e. The number of hydrogen-bond acceptors (Lipinski definition) is 2. The minimum atomic E-state index is -4.94. The van der Waals surface area contributed by atoms with E-state index in [1.165, 1.54) is 20.8 Å². The zero-order chi connectivity index (χ0) is 14.8. The molecule has 0 aliphatic carbocycles. The van der Waals surface area contributed by atoms with E-state index in [1.807, 2.05) is 0 Å². The highest BCUT2D eigenvalue weighted by molar-refractivity contribution is 6.19. The minimum absolute atomic E-state index is 1.17. The lowest BCUT2D eigenvalue weighted by molar-refractivity contribution is -0.203. The minimum Gasteiger partial charge on any atom is -0.459 e. The van der Waals surface area contributed by atoms with Crippen molar-refractivity contribution in [3.05, 3.63) is 0 Å². The van der Waals surface area contributed by atoms with E-state index in [0.29, 0.717) is 0 Å². The van der Waals surface area contributed by atoms with E-state index in [-0.39, 0.29) is 0 Å². The first kappa shape index (κ1) is 17.4. The molecule has 1 unspecified atom stereocenters. The summed E-state index contributed by atoms with van der Waals surface area (Å²) in [7, 11) is 0. The van der Waals surface area contributed by atoms with Gasteiger partial charge in [-0.15, -0.1) is 11.6 Å². The lowest BCUT2D eigenvalue weighted by Gasteiger charge is -2.32. The molecule has 18 heavy (non-hydrogen) atoms. The van der Waals surface area contributed by atoms with Gasteiger partial charge in [0.25, 0.3) is 6.43 Å². The molecule has 2 nitrogen and oxygen atoms in total. The van der Waals surface area contributed by atoms with Crippen molar-refractivity contribution < 1.29 is 31.5 Å². The van der Waals surface area contributed by atoms with Crippen LogP contribution >= 0.6 is 11.6 Å². The predicted octanol–water partition coefficient (Wildman–Crippen LogP) is 3.77. The van der Waals surface area contributed by atoms with Gasteiger partial charge in [0.1, 0.15) is 5.60 Å². The molecule has 0 saturated heterocycles. The van der Waals surface area contributed by atoms with Gasteiger partial charge in [-0.3, -0.25) is 4.79 Å². The van der Waals surface area contributed by atoms with Gasteiger partial charge in [0.05, 0.1) is 6.42 Å². The van der Waals surface area contributed by atoms with Crippen molar-refractivity contribution in [2.45, 2.75) is 45.4 Å². The highest BCUT2D eigenvalue weighted by Crippen LogP contribution is 2.41. The third kappa shape index (κ3) is 4.96. The Labute approximate surface area is 106 Å². The van der Waals surface area contributed by atoms with E-state index in [0.717, 1.165) is 0 Å². The maximum absolute atomic E-state index is 12.8. The van der Waals surface area contributed by atoms with E-state index in [4.69, 9.17) is 11.6 Å². The second kappa shape index (κ2) is 5.59. The largest absolute Gasteiger partial charge is 0.459 e. The molecule has 0 spiro atoms. The lowest BCUT2D eigenvalue weighted by atomic mass is 9.86. The van der Waals surface area contributed by atoms with Gasteiger partial charge in [0, 0.05) is 5.88 Å². The Morgan fingerprint density at radius 1 is 1.22 bits per heavy atom. The third-order valence-electron chi connectivity index (χ3n) is 1.98. The van der Waals surface area contributed by atoms with E-state index in [1.54, 1.807) is 0 Å². The summed E-state index contributed by atoms with van der Waals surface area (Å²) in [5.74, 6) is -2.81. The third-order valence-corrected chi connectivity index (χ3v) is 2.45. The molecule has 0 heterocycles. The summed E-state index contributed by atoms with van der Waals surface area (Å²) in [4.78, 5) is 11.5. The van der Waals surface area contributed by atoms with E-state index < -0.39 is 41.9 Å². The van der Waals surface area contributed by atoms with Crippen molar-refractivity contribution in [1.82, 2.24) is 0 Å². The molecular formula is C10H14ClF5O2. The number of esters is 1. The Bertz CT molecular complexity index is 298. The SMILES string of the molecule is CC(C)(C)OC(=O)C(CCl)(CC(F)(F)F)C(F)F. The average molecular weight is 297 g/mol. The number of rotatable bonds is 4. The van der Waals surface area contributed by atoms with E-state index in [9.17, 15) is 26.7 Å². The Morgan fingerprint density at radius 2 is 1.67 bits per heavy atom. The number of carbonyl (C=O) groups excluding carboxylic acids is 1. The molecule has 108 valence electrons. The average Bonchev–Trinajstić information content (AvgIpc) is 2.08. The van der Waals surface area contributed by atoms with Crippen LogP contribution in [0, 0.1) is 5.41 Å². The summed E-state index contributed by atoms with van der Waals surface area (Å²) >= 11 is 5.17. The van der Waals surface area contributed by atoms with Gasteiger partial charge in [-0.05, 0) is 20.8 Å². The van der Waals surface area contributed by atoms with Crippen LogP contribution in [-0.4, -0.2) is 30.1 Å². The first-order chi connectivity index (χ1) is 7.84. The van der Waals surface area contributed by atoms with Crippen LogP contribution in [0.5, 0.6) is 0 Å². The second-order valence-electron chi connectivity index (χ2n) is 4.88. The van der Waals surface area contributed by atoms with Crippen LogP contribution in [-0.2, 0) is 9.53 Å². The maximum atomic E-state index is 12.8. The van der Waals surface area contributed by atoms with Crippen LogP contribution in [0.25, 0.3) is 0 Å². The summed E-state index contributed by atoms with van der Waals surface area (Å²) in [6.07, 6.45) is -10.5. The second-order valence-corrected chi connectivity index (χ2v) is 5.15. The molecule has 0 aromatic heterocycles. The van der Waals surface area contributed by atoms with Crippen molar-refractivity contribution in [3.63, 3.8) is 0 Å². The summed E-state index contributed by atoms with van der Waals surface area (Å²) in [6, 6.07) is 0. The van der Waals surface area contributed by atoms with Gasteiger partial charge >= 0.3 is 12.1 Å². The zero-order valence-corrected chi connectivity index (χ0v) is 10.8. The molecule has 8 heteroatoms. The quantitative estimate of drug-likeness (QED) is 0.448. The van der Waals surface area contributed by atoms with Gasteiger partial charge < -0.3 is 4.74 Å². The fourth-order valence-electron chi connectivity index (χ4n) is 1.14. The van der Waals surface area contributed by atoms with Crippen LogP contribution < -0.4 is 0 Å². The van der Waals surface area contributed by atoms with E-state index >= 15 is 0 Å². The number of hydrogen-bond donors (Lipinski definition) is 0. The fourth-order valence-corrected chi connectivity index (χ4v) is 1.46. The summed E-state index contributed by atoms with van der Waals surface area (Å²) in [5.41, 5.74) is -4.23. The van der Waals surface area contributed by atoms with Crippen molar-refractivity contribution in [2.24, 2.45) is 5.41 Å². The molecular weight excluding hydrogens is 283 g/mol. The molecule has 0 N–H and O–H groups in total. The summed E-state index contributed by atoms with van der Waals surface area (Å²) in [5, 5.41) is 0. The highest BCUT2D eigenvalue weighted by Gasteiger charge is 2.55. The molecule has 0 bridgehead atoms. The van der Waals surface area contributed by atoms with E-state index in [2.05, 4.69) is 4.74 Å². The number of carbonyl (C=O) groups is 1. The first-order valence-corrected chi connectivity index (χ1v) is 5.52. The molecule has 1 atom stereocenters. The van der Waals surface area contributed by atoms with Gasteiger partial charge in [-0.1, -0.05) is 0 Å². The molecule has 0 aromatic carbocycles. The van der Waals surface area contributed by atoms with Crippen LogP contribution in [0.2, 0.25) is 0 Å². The molecule has 0 aliphatic heterocycles. The van der Waals surface area contributed by atoms with Crippen molar-refractivity contribution in [2.75, 3.05) is 5.88 Å². The number of alkyl halides is 6. The first-order valence-electron chi connectivity index (χ1n) is 4.98. The van der Waals surface area contributed by atoms with Crippen LogP contribution in [0.3, 0.4) is 0 Å². The Hall–Kier alpha value is -0.590. The number of halogens is 6. The van der Waals surface area contributed by atoms with Crippen LogP contribution in [0.15, 0.2) is 0 Å². The molecule has 0 fully saturated rings. The van der Waals surface area contributed by atoms with Gasteiger partial charge in [0.15, 0.2) is 5.41 Å². The van der Waals surface area contributed by atoms with Crippen molar-refractivity contribution >= 4 is 17.6 Å². The molecule has 0 radical (unpaired) electrons. The molecule has 0 rings (SSSR count). The highest BCUT2D eigenvalue weighted by atomic mass is 35.5. The molecule has 0 saturated carbocycles. The van der Waals surface area contributed by atoms with Crippen LogP contribution in [0.1, 0.15) is 27.2 Å². The zero-order valence-electron chi connectivity index (χ0n) is 10.1. The molecule has 0 aliphatic rings. The van der Waals surface area contributed by atoms with Crippen molar-refractivity contribution in [1.29, 1.82) is 0 Å². The Balaban J connectivity index is 5.27. The fraction of sp³-hybridized carbons (Fsp3) is 0.900. The van der Waals surface area contributed by atoms with Crippen LogP contribution in [0.4, 0.5) is 22.0 Å². The topological polar surface area (TPSA) is 26.3 Å². The predicted molar refractivity (Wildman–Crippen MR) is 55.7 cm³/mol.